The maximum absolute atomic E-state index is 11.7. The van der Waals surface area contributed by atoms with Crippen LogP contribution < -0.4 is 4.74 Å². The van der Waals surface area contributed by atoms with Crippen molar-refractivity contribution in [3.05, 3.63) is 30.1 Å². The predicted octanol–water partition coefficient (Wildman–Crippen LogP) is 2.93. The summed E-state index contributed by atoms with van der Waals surface area (Å²) < 4.78 is 10.7. The Bertz CT molecular complexity index is 679. The summed E-state index contributed by atoms with van der Waals surface area (Å²) in [5, 5.41) is 7.19. The van der Waals surface area contributed by atoms with Crippen molar-refractivity contribution in [1.29, 1.82) is 0 Å². The van der Waals surface area contributed by atoms with Gasteiger partial charge >= 0.3 is 5.97 Å². The van der Waals surface area contributed by atoms with Gasteiger partial charge in [0, 0.05) is 11.5 Å². The number of H-pyrrole nitrogens is 1. The molecular weight excluding hydrogens is 294 g/mol. The largest absolute Gasteiger partial charge is 0.491 e. The molecule has 0 spiro atoms. The molecule has 1 N–H and O–H groups in total. The third-order valence-corrected chi connectivity index (χ3v) is 3.72. The molecule has 3 rings (SSSR count). The smallest absolute Gasteiger partial charge is 0.309 e. The fourth-order valence-electron chi connectivity index (χ4n) is 2.53. The Morgan fingerprint density at radius 3 is 2.74 bits per heavy atom. The van der Waals surface area contributed by atoms with Crippen molar-refractivity contribution in [2.75, 3.05) is 6.61 Å². The molecule has 1 aromatic carbocycles. The highest BCUT2D eigenvalue weighted by atomic mass is 16.5. The number of aromatic nitrogens is 3. The SMILES string of the molecule is CCOC(=O)[C@@H]1C[C@H]1c1nc(-c2ccc(OC(C)C)cc2)n[nH]1. The number of benzene rings is 1. The van der Waals surface area contributed by atoms with Gasteiger partial charge in [0.25, 0.3) is 0 Å². The molecule has 23 heavy (non-hydrogen) atoms. The number of aromatic amines is 1. The minimum Gasteiger partial charge on any atom is -0.491 e. The van der Waals surface area contributed by atoms with Gasteiger partial charge in [-0.1, -0.05) is 0 Å². The van der Waals surface area contributed by atoms with Gasteiger partial charge in [0.05, 0.1) is 18.6 Å². The summed E-state index contributed by atoms with van der Waals surface area (Å²) in [4.78, 5) is 16.2. The van der Waals surface area contributed by atoms with Crippen LogP contribution in [0.1, 0.15) is 38.9 Å². The summed E-state index contributed by atoms with van der Waals surface area (Å²) in [6.07, 6.45) is 0.917. The minimum absolute atomic E-state index is 0.0856. The predicted molar refractivity (Wildman–Crippen MR) is 85.1 cm³/mol. The Hall–Kier alpha value is -2.37. The molecule has 1 aliphatic rings. The Labute approximate surface area is 135 Å². The van der Waals surface area contributed by atoms with E-state index in [1.807, 2.05) is 45.0 Å². The lowest BCUT2D eigenvalue weighted by Gasteiger charge is -2.09. The molecule has 6 heteroatoms. The minimum atomic E-state index is -0.148. The second kappa shape index (κ2) is 6.40. The maximum atomic E-state index is 11.7. The molecule has 2 aromatic rings. The van der Waals surface area contributed by atoms with Crippen LogP contribution in [0.3, 0.4) is 0 Å². The highest BCUT2D eigenvalue weighted by Crippen LogP contribution is 2.47. The first-order valence-corrected chi connectivity index (χ1v) is 7.94. The number of carbonyl (C=O) groups excluding carboxylic acids is 1. The molecular formula is C17H21N3O3. The summed E-state index contributed by atoms with van der Waals surface area (Å²) in [5.74, 6) is 2.07. The van der Waals surface area contributed by atoms with E-state index in [-0.39, 0.29) is 23.9 Å². The number of ether oxygens (including phenoxy) is 2. The van der Waals surface area contributed by atoms with Gasteiger partial charge in [0.1, 0.15) is 11.6 Å². The first kappa shape index (κ1) is 15.5. The summed E-state index contributed by atoms with van der Waals surface area (Å²) >= 11 is 0. The summed E-state index contributed by atoms with van der Waals surface area (Å²) in [5.41, 5.74) is 0.914. The standard InChI is InChI=1S/C17H21N3O3/c1-4-22-17(21)14-9-13(14)16-18-15(19-20-16)11-5-7-12(8-6-11)23-10(2)3/h5-8,10,13-14H,4,9H2,1-3H3,(H,18,19,20)/t13-,14-/m1/s1. The molecule has 122 valence electrons. The fraction of sp³-hybridized carbons (Fsp3) is 0.471. The van der Waals surface area contributed by atoms with E-state index in [1.54, 1.807) is 0 Å². The van der Waals surface area contributed by atoms with Crippen LogP contribution in [-0.2, 0) is 9.53 Å². The van der Waals surface area contributed by atoms with Gasteiger partial charge in [-0.15, -0.1) is 0 Å². The summed E-state index contributed by atoms with van der Waals surface area (Å²) in [7, 11) is 0. The quantitative estimate of drug-likeness (QED) is 0.829. The van der Waals surface area contributed by atoms with Crippen molar-refractivity contribution in [3.63, 3.8) is 0 Å². The Morgan fingerprint density at radius 2 is 2.09 bits per heavy atom. The molecule has 0 radical (unpaired) electrons. The average molecular weight is 315 g/mol. The van der Waals surface area contributed by atoms with Crippen LogP contribution >= 0.6 is 0 Å². The van der Waals surface area contributed by atoms with Gasteiger partial charge in [-0.25, -0.2) is 4.98 Å². The monoisotopic (exact) mass is 315 g/mol. The van der Waals surface area contributed by atoms with Crippen LogP contribution in [-0.4, -0.2) is 33.9 Å². The van der Waals surface area contributed by atoms with Crippen LogP contribution in [0.5, 0.6) is 5.75 Å². The zero-order valence-corrected chi connectivity index (χ0v) is 13.6. The van der Waals surface area contributed by atoms with Crippen LogP contribution in [0.4, 0.5) is 0 Å². The van der Waals surface area contributed by atoms with Crippen LogP contribution in [0.25, 0.3) is 11.4 Å². The molecule has 0 amide bonds. The molecule has 6 nitrogen and oxygen atoms in total. The van der Waals surface area contributed by atoms with Crippen molar-refractivity contribution >= 4 is 5.97 Å². The van der Waals surface area contributed by atoms with E-state index in [4.69, 9.17) is 9.47 Å². The molecule has 1 aromatic heterocycles. The number of nitrogens with zero attached hydrogens (tertiary/aromatic N) is 2. The van der Waals surface area contributed by atoms with Gasteiger partial charge < -0.3 is 9.47 Å². The number of rotatable bonds is 6. The van der Waals surface area contributed by atoms with Crippen LogP contribution in [0.2, 0.25) is 0 Å². The number of nitrogens with one attached hydrogen (secondary N) is 1. The first-order chi connectivity index (χ1) is 11.1. The number of hydrogen-bond acceptors (Lipinski definition) is 5. The third-order valence-electron chi connectivity index (χ3n) is 3.72. The highest BCUT2D eigenvalue weighted by molar-refractivity contribution is 5.77. The van der Waals surface area contributed by atoms with Crippen molar-refractivity contribution in [1.82, 2.24) is 15.2 Å². The Morgan fingerprint density at radius 1 is 1.35 bits per heavy atom. The van der Waals surface area contributed by atoms with Gasteiger partial charge in [-0.2, -0.15) is 5.10 Å². The molecule has 1 aliphatic carbocycles. The van der Waals surface area contributed by atoms with Crippen LogP contribution in [0.15, 0.2) is 24.3 Å². The lowest BCUT2D eigenvalue weighted by atomic mass is 10.2. The topological polar surface area (TPSA) is 77.1 Å². The van der Waals surface area contributed by atoms with Crippen molar-refractivity contribution in [2.45, 2.75) is 39.2 Å². The maximum Gasteiger partial charge on any atom is 0.309 e. The van der Waals surface area contributed by atoms with E-state index in [2.05, 4.69) is 15.2 Å². The second-order valence-electron chi connectivity index (χ2n) is 5.94. The van der Waals surface area contributed by atoms with Crippen molar-refractivity contribution in [2.24, 2.45) is 5.92 Å². The van der Waals surface area contributed by atoms with Gasteiger partial charge in [0.2, 0.25) is 0 Å². The third kappa shape index (κ3) is 3.52. The Kier molecular flexibility index (Phi) is 4.32. The van der Waals surface area contributed by atoms with E-state index < -0.39 is 0 Å². The molecule has 0 unspecified atom stereocenters. The first-order valence-electron chi connectivity index (χ1n) is 7.94. The highest BCUT2D eigenvalue weighted by Gasteiger charge is 2.47. The van der Waals surface area contributed by atoms with Crippen molar-refractivity contribution < 1.29 is 14.3 Å². The molecule has 2 atom stereocenters. The Balaban J connectivity index is 1.67. The van der Waals surface area contributed by atoms with E-state index in [0.29, 0.717) is 12.4 Å². The zero-order chi connectivity index (χ0) is 16.4. The molecule has 0 aliphatic heterocycles. The van der Waals surface area contributed by atoms with Gasteiger partial charge in [-0.05, 0) is 51.5 Å². The molecule has 1 saturated carbocycles. The van der Waals surface area contributed by atoms with E-state index >= 15 is 0 Å². The molecule has 1 fully saturated rings. The fourth-order valence-corrected chi connectivity index (χ4v) is 2.53. The van der Waals surface area contributed by atoms with Crippen LogP contribution in [0, 0.1) is 5.92 Å². The normalized spacial score (nSPS) is 19.7. The van der Waals surface area contributed by atoms with E-state index in [0.717, 1.165) is 23.6 Å². The summed E-state index contributed by atoms with van der Waals surface area (Å²) in [6, 6.07) is 7.68. The van der Waals surface area contributed by atoms with Gasteiger partial charge in [0.15, 0.2) is 5.82 Å². The molecule has 0 bridgehead atoms. The number of esters is 1. The lowest BCUT2D eigenvalue weighted by molar-refractivity contribution is -0.144. The van der Waals surface area contributed by atoms with Gasteiger partial charge in [-0.3, -0.25) is 9.89 Å². The summed E-state index contributed by atoms with van der Waals surface area (Å²) in [6.45, 7) is 6.21. The van der Waals surface area contributed by atoms with E-state index in [9.17, 15) is 4.79 Å². The lowest BCUT2D eigenvalue weighted by Crippen LogP contribution is -2.07. The zero-order valence-electron chi connectivity index (χ0n) is 13.6. The molecule has 0 saturated heterocycles. The van der Waals surface area contributed by atoms with Crippen molar-refractivity contribution in [3.8, 4) is 17.1 Å². The molecule has 1 heterocycles. The number of hydrogen-bond donors (Lipinski definition) is 1. The average Bonchev–Trinajstić information content (AvgIpc) is 3.17. The van der Waals surface area contributed by atoms with E-state index in [1.165, 1.54) is 0 Å². The number of carbonyl (C=O) groups is 1. The second-order valence-corrected chi connectivity index (χ2v) is 5.94.